The molecule has 2 fully saturated rings. The van der Waals surface area contributed by atoms with E-state index in [1.807, 2.05) is 25.7 Å². The second-order valence-corrected chi connectivity index (χ2v) is 7.57. The van der Waals surface area contributed by atoms with Crippen molar-refractivity contribution < 1.29 is 14.3 Å². The Morgan fingerprint density at radius 1 is 1.23 bits per heavy atom. The molecule has 1 unspecified atom stereocenters. The highest BCUT2D eigenvalue weighted by Crippen LogP contribution is 2.16. The van der Waals surface area contributed by atoms with Crippen LogP contribution in [0.4, 0.5) is 4.79 Å². The Hall–Kier alpha value is -1.01. The van der Waals surface area contributed by atoms with E-state index in [2.05, 4.69) is 4.90 Å². The second kappa shape index (κ2) is 7.04. The molecule has 22 heavy (non-hydrogen) atoms. The summed E-state index contributed by atoms with van der Waals surface area (Å²) in [5, 5.41) is -0.0449. The summed E-state index contributed by atoms with van der Waals surface area (Å²) in [6.07, 6.45) is 0.209. The average molecular weight is 332 g/mol. The average Bonchev–Trinajstić information content (AvgIpc) is 2.73. The molecule has 2 aliphatic heterocycles. The van der Waals surface area contributed by atoms with E-state index in [1.54, 1.807) is 4.90 Å². The number of alkyl halides is 1. The molecule has 6 nitrogen and oxygen atoms in total. The third-order valence-electron chi connectivity index (χ3n) is 3.88. The van der Waals surface area contributed by atoms with Crippen LogP contribution in [-0.2, 0) is 9.53 Å². The molecule has 0 radical (unpaired) electrons. The highest BCUT2D eigenvalue weighted by molar-refractivity contribution is 6.22. The van der Waals surface area contributed by atoms with Crippen molar-refractivity contribution in [3.05, 3.63) is 0 Å². The Balaban J connectivity index is 1.69. The molecule has 0 aromatic carbocycles. The number of hydrogen-bond acceptors (Lipinski definition) is 4. The number of carbonyl (C=O) groups excluding carboxylic acids is 2. The van der Waals surface area contributed by atoms with Gasteiger partial charge in [0.1, 0.15) is 5.60 Å². The largest absolute Gasteiger partial charge is 0.444 e. The van der Waals surface area contributed by atoms with Crippen LogP contribution in [-0.4, -0.2) is 83.5 Å². The van der Waals surface area contributed by atoms with Gasteiger partial charge in [0.25, 0.3) is 0 Å². The molecule has 126 valence electrons. The molecule has 0 saturated carbocycles. The fourth-order valence-corrected chi connectivity index (χ4v) is 2.98. The lowest BCUT2D eigenvalue weighted by Crippen LogP contribution is -2.51. The second-order valence-electron chi connectivity index (χ2n) is 6.95. The van der Waals surface area contributed by atoms with Crippen molar-refractivity contribution in [2.24, 2.45) is 0 Å². The van der Waals surface area contributed by atoms with Gasteiger partial charge in [-0.3, -0.25) is 9.69 Å². The summed E-state index contributed by atoms with van der Waals surface area (Å²) in [4.78, 5) is 29.5. The van der Waals surface area contributed by atoms with Crippen molar-refractivity contribution in [1.29, 1.82) is 0 Å². The molecule has 0 aliphatic carbocycles. The molecular formula is C15H26ClN3O3. The molecule has 0 aromatic rings. The van der Waals surface area contributed by atoms with E-state index in [-0.39, 0.29) is 17.4 Å². The molecule has 2 aliphatic rings. The van der Waals surface area contributed by atoms with Crippen LogP contribution < -0.4 is 0 Å². The van der Waals surface area contributed by atoms with Crippen LogP contribution in [0.25, 0.3) is 0 Å². The van der Waals surface area contributed by atoms with E-state index < -0.39 is 5.60 Å². The van der Waals surface area contributed by atoms with Crippen LogP contribution in [0.2, 0.25) is 0 Å². The molecule has 0 bridgehead atoms. The monoisotopic (exact) mass is 331 g/mol. The maximum Gasteiger partial charge on any atom is 0.410 e. The Morgan fingerprint density at radius 3 is 2.36 bits per heavy atom. The first-order chi connectivity index (χ1) is 10.2. The summed E-state index contributed by atoms with van der Waals surface area (Å²) < 4.78 is 5.38. The SMILES string of the molecule is CC(C)(C)OC(=O)N1CCN(CCN2CC(Cl)CC2=O)CC1. The number of ether oxygens (including phenoxy) is 1. The fraction of sp³-hybridized carbons (Fsp3) is 0.867. The van der Waals surface area contributed by atoms with Crippen LogP contribution >= 0.6 is 11.6 Å². The van der Waals surface area contributed by atoms with Gasteiger partial charge in [-0.2, -0.15) is 0 Å². The van der Waals surface area contributed by atoms with Crippen molar-refractivity contribution in [1.82, 2.24) is 14.7 Å². The van der Waals surface area contributed by atoms with Crippen LogP contribution in [0.5, 0.6) is 0 Å². The van der Waals surface area contributed by atoms with Crippen LogP contribution in [0.15, 0.2) is 0 Å². The Kier molecular flexibility index (Phi) is 5.55. The molecule has 7 heteroatoms. The maximum atomic E-state index is 12.0. The number of rotatable bonds is 3. The molecule has 1 atom stereocenters. The summed E-state index contributed by atoms with van der Waals surface area (Å²) in [5.74, 6) is 0.146. The predicted molar refractivity (Wildman–Crippen MR) is 85.1 cm³/mol. The van der Waals surface area contributed by atoms with Gasteiger partial charge in [0.2, 0.25) is 5.91 Å². The summed E-state index contributed by atoms with van der Waals surface area (Å²) >= 11 is 6.00. The van der Waals surface area contributed by atoms with Crippen molar-refractivity contribution in [2.45, 2.75) is 38.2 Å². The van der Waals surface area contributed by atoms with Gasteiger partial charge in [-0.05, 0) is 20.8 Å². The van der Waals surface area contributed by atoms with Crippen molar-refractivity contribution >= 4 is 23.6 Å². The number of nitrogens with zero attached hydrogens (tertiary/aromatic N) is 3. The molecular weight excluding hydrogens is 306 g/mol. The zero-order chi connectivity index (χ0) is 16.3. The molecule has 0 spiro atoms. The minimum atomic E-state index is -0.456. The van der Waals surface area contributed by atoms with Crippen LogP contribution in [0, 0.1) is 0 Å². The quantitative estimate of drug-likeness (QED) is 0.733. The Morgan fingerprint density at radius 2 is 1.86 bits per heavy atom. The highest BCUT2D eigenvalue weighted by Gasteiger charge is 2.29. The molecule has 2 rings (SSSR count). The normalized spacial score (nSPS) is 24.0. The molecule has 2 saturated heterocycles. The Labute approximate surface area is 137 Å². The van der Waals surface area contributed by atoms with E-state index in [0.717, 1.165) is 19.6 Å². The number of likely N-dealkylation sites (tertiary alicyclic amines) is 1. The smallest absolute Gasteiger partial charge is 0.410 e. The van der Waals surface area contributed by atoms with Gasteiger partial charge < -0.3 is 14.5 Å². The third-order valence-corrected chi connectivity index (χ3v) is 4.17. The zero-order valence-corrected chi connectivity index (χ0v) is 14.4. The lowest BCUT2D eigenvalue weighted by Gasteiger charge is -2.36. The van der Waals surface area contributed by atoms with E-state index in [0.29, 0.717) is 32.6 Å². The van der Waals surface area contributed by atoms with Gasteiger partial charge >= 0.3 is 6.09 Å². The summed E-state index contributed by atoms with van der Waals surface area (Å²) in [7, 11) is 0. The molecule has 2 amide bonds. The zero-order valence-electron chi connectivity index (χ0n) is 13.7. The van der Waals surface area contributed by atoms with E-state index in [4.69, 9.17) is 16.3 Å². The molecule has 0 aromatic heterocycles. The number of hydrogen-bond donors (Lipinski definition) is 0. The lowest BCUT2D eigenvalue weighted by molar-refractivity contribution is -0.127. The van der Waals surface area contributed by atoms with Gasteiger partial charge in [0, 0.05) is 52.2 Å². The van der Waals surface area contributed by atoms with E-state index in [9.17, 15) is 9.59 Å². The topological polar surface area (TPSA) is 53.1 Å². The van der Waals surface area contributed by atoms with Crippen molar-refractivity contribution in [3.63, 3.8) is 0 Å². The van der Waals surface area contributed by atoms with E-state index >= 15 is 0 Å². The summed E-state index contributed by atoms with van der Waals surface area (Å²) in [6, 6.07) is 0. The van der Waals surface area contributed by atoms with Crippen LogP contribution in [0.3, 0.4) is 0 Å². The number of amides is 2. The van der Waals surface area contributed by atoms with Gasteiger partial charge in [-0.1, -0.05) is 0 Å². The van der Waals surface area contributed by atoms with Gasteiger partial charge in [-0.25, -0.2) is 4.79 Å². The summed E-state index contributed by atoms with van der Waals surface area (Å²) in [5.41, 5.74) is -0.456. The van der Waals surface area contributed by atoms with Crippen molar-refractivity contribution in [2.75, 3.05) is 45.8 Å². The fourth-order valence-electron chi connectivity index (χ4n) is 2.68. The third kappa shape index (κ3) is 5.02. The van der Waals surface area contributed by atoms with Crippen molar-refractivity contribution in [3.8, 4) is 0 Å². The minimum absolute atomic E-state index is 0.0449. The number of carbonyl (C=O) groups is 2. The highest BCUT2D eigenvalue weighted by atomic mass is 35.5. The molecule has 0 N–H and O–H groups in total. The first-order valence-corrected chi connectivity index (χ1v) is 8.30. The maximum absolute atomic E-state index is 12.0. The number of piperazine rings is 1. The first kappa shape index (κ1) is 17.3. The van der Waals surface area contributed by atoms with E-state index in [1.165, 1.54) is 0 Å². The minimum Gasteiger partial charge on any atom is -0.444 e. The lowest BCUT2D eigenvalue weighted by atomic mass is 10.2. The van der Waals surface area contributed by atoms with Gasteiger partial charge in [-0.15, -0.1) is 11.6 Å². The Bertz CT molecular complexity index is 417. The standard InChI is InChI=1S/C15H26ClN3O3/c1-15(2,3)22-14(21)18-7-4-17(5-8-18)6-9-19-11-12(16)10-13(19)20/h12H,4-11H2,1-3H3. The van der Waals surface area contributed by atoms with Gasteiger partial charge in [0.15, 0.2) is 0 Å². The first-order valence-electron chi connectivity index (χ1n) is 7.87. The van der Waals surface area contributed by atoms with Gasteiger partial charge in [0.05, 0.1) is 5.38 Å². The summed E-state index contributed by atoms with van der Waals surface area (Å²) in [6.45, 7) is 10.8. The molecule has 2 heterocycles. The number of halogens is 1. The predicted octanol–water partition coefficient (Wildman–Crippen LogP) is 1.38. The van der Waals surface area contributed by atoms with Crippen LogP contribution in [0.1, 0.15) is 27.2 Å².